The number of anilines is 1. The van der Waals surface area contributed by atoms with Crippen LogP contribution in [0.25, 0.3) is 9.75 Å². The first kappa shape index (κ1) is 8.72. The fourth-order valence-electron chi connectivity index (χ4n) is 1.14. The molecule has 0 spiro atoms. The van der Waals surface area contributed by atoms with Crippen molar-refractivity contribution in [3.63, 3.8) is 0 Å². The van der Waals surface area contributed by atoms with Gasteiger partial charge in [-0.3, -0.25) is 0 Å². The first-order valence-electron chi connectivity index (χ1n) is 4.00. The van der Waals surface area contributed by atoms with Gasteiger partial charge >= 0.3 is 0 Å². The van der Waals surface area contributed by atoms with Crippen LogP contribution in [-0.2, 0) is 0 Å². The quantitative estimate of drug-likeness (QED) is 0.823. The Kier molecular flexibility index (Phi) is 2.33. The largest absolute Gasteiger partial charge is 0.365 e. The van der Waals surface area contributed by atoms with Crippen molar-refractivity contribution in [1.29, 1.82) is 0 Å². The molecule has 0 radical (unpaired) electrons. The molecule has 0 aliphatic carbocycles. The highest BCUT2D eigenvalue weighted by atomic mass is 32.1. The van der Waals surface area contributed by atoms with Crippen molar-refractivity contribution in [3.8, 4) is 9.75 Å². The SMILES string of the molecule is CNc1nc(C)c(-c2cccs2)s1. The summed E-state index contributed by atoms with van der Waals surface area (Å²) in [7, 11) is 1.90. The van der Waals surface area contributed by atoms with Gasteiger partial charge in [0.2, 0.25) is 0 Å². The van der Waals surface area contributed by atoms with E-state index in [1.165, 1.54) is 9.75 Å². The van der Waals surface area contributed by atoms with Crippen molar-refractivity contribution in [3.05, 3.63) is 23.2 Å². The third-order valence-electron chi connectivity index (χ3n) is 1.76. The Labute approximate surface area is 85.3 Å². The lowest BCUT2D eigenvalue weighted by Gasteiger charge is -1.89. The van der Waals surface area contributed by atoms with Crippen LogP contribution in [0.1, 0.15) is 5.69 Å². The van der Waals surface area contributed by atoms with E-state index < -0.39 is 0 Å². The number of hydrogen-bond donors (Lipinski definition) is 1. The fourth-order valence-corrected chi connectivity index (χ4v) is 2.96. The molecule has 0 aliphatic rings. The van der Waals surface area contributed by atoms with E-state index in [0.29, 0.717) is 0 Å². The van der Waals surface area contributed by atoms with Gasteiger partial charge in [0.15, 0.2) is 5.13 Å². The maximum Gasteiger partial charge on any atom is 0.183 e. The van der Waals surface area contributed by atoms with Crippen LogP contribution in [0, 0.1) is 6.92 Å². The Morgan fingerprint density at radius 3 is 2.85 bits per heavy atom. The van der Waals surface area contributed by atoms with Crippen LogP contribution < -0.4 is 5.32 Å². The van der Waals surface area contributed by atoms with Crippen molar-refractivity contribution >= 4 is 27.8 Å². The zero-order valence-corrected chi connectivity index (χ0v) is 9.13. The summed E-state index contributed by atoms with van der Waals surface area (Å²) in [5, 5.41) is 6.14. The molecule has 0 aliphatic heterocycles. The Morgan fingerprint density at radius 2 is 2.31 bits per heavy atom. The molecule has 2 aromatic heterocycles. The molecule has 0 amide bonds. The fraction of sp³-hybridized carbons (Fsp3) is 0.222. The van der Waals surface area contributed by atoms with Gasteiger partial charge in [-0.1, -0.05) is 17.4 Å². The van der Waals surface area contributed by atoms with Gasteiger partial charge in [0, 0.05) is 11.9 Å². The highest BCUT2D eigenvalue weighted by Crippen LogP contribution is 2.34. The van der Waals surface area contributed by atoms with Gasteiger partial charge < -0.3 is 5.32 Å². The van der Waals surface area contributed by atoms with Crippen molar-refractivity contribution in [2.45, 2.75) is 6.92 Å². The summed E-state index contributed by atoms with van der Waals surface area (Å²) in [6.45, 7) is 2.05. The second kappa shape index (κ2) is 3.47. The third kappa shape index (κ3) is 1.59. The number of rotatable bonds is 2. The average molecular weight is 210 g/mol. The van der Waals surface area contributed by atoms with Gasteiger partial charge in [-0.25, -0.2) is 4.98 Å². The minimum Gasteiger partial charge on any atom is -0.365 e. The van der Waals surface area contributed by atoms with E-state index in [0.717, 1.165) is 10.8 Å². The average Bonchev–Trinajstić information content (AvgIpc) is 2.72. The zero-order chi connectivity index (χ0) is 9.26. The lowest BCUT2D eigenvalue weighted by molar-refractivity contribution is 1.25. The van der Waals surface area contributed by atoms with Gasteiger partial charge in [-0.2, -0.15) is 0 Å². The molecule has 0 saturated heterocycles. The van der Waals surface area contributed by atoms with Crippen molar-refractivity contribution in [2.24, 2.45) is 0 Å². The summed E-state index contributed by atoms with van der Waals surface area (Å²) in [6, 6.07) is 4.20. The maximum atomic E-state index is 4.40. The molecule has 0 bridgehead atoms. The summed E-state index contributed by atoms with van der Waals surface area (Å²) in [5.41, 5.74) is 1.11. The molecule has 68 valence electrons. The number of nitrogens with zero attached hydrogens (tertiary/aromatic N) is 1. The molecular weight excluding hydrogens is 200 g/mol. The predicted octanol–water partition coefficient (Wildman–Crippen LogP) is 3.22. The van der Waals surface area contributed by atoms with Crippen molar-refractivity contribution in [2.75, 3.05) is 12.4 Å². The van der Waals surface area contributed by atoms with Crippen molar-refractivity contribution < 1.29 is 0 Å². The number of aromatic nitrogens is 1. The molecule has 2 nitrogen and oxygen atoms in total. The maximum absolute atomic E-state index is 4.40. The lowest BCUT2D eigenvalue weighted by Crippen LogP contribution is -1.84. The Hall–Kier alpha value is -0.870. The first-order chi connectivity index (χ1) is 6.31. The number of aryl methyl sites for hydroxylation is 1. The van der Waals surface area contributed by atoms with E-state index in [1.807, 2.05) is 14.0 Å². The van der Waals surface area contributed by atoms with Crippen LogP contribution in [0.15, 0.2) is 17.5 Å². The first-order valence-corrected chi connectivity index (χ1v) is 5.70. The Bertz CT molecular complexity index is 390. The molecule has 2 rings (SSSR count). The van der Waals surface area contributed by atoms with Crippen LogP contribution in [-0.4, -0.2) is 12.0 Å². The third-order valence-corrected chi connectivity index (χ3v) is 3.98. The van der Waals surface area contributed by atoms with Crippen LogP contribution in [0.5, 0.6) is 0 Å². The highest BCUT2D eigenvalue weighted by molar-refractivity contribution is 7.23. The molecule has 0 atom stereocenters. The summed E-state index contributed by atoms with van der Waals surface area (Å²) >= 11 is 3.46. The van der Waals surface area contributed by atoms with E-state index in [9.17, 15) is 0 Å². The summed E-state index contributed by atoms with van der Waals surface area (Å²) in [4.78, 5) is 6.98. The van der Waals surface area contributed by atoms with Gasteiger partial charge in [0.05, 0.1) is 10.6 Å². The Morgan fingerprint density at radius 1 is 1.46 bits per heavy atom. The van der Waals surface area contributed by atoms with E-state index in [-0.39, 0.29) is 0 Å². The number of thiophene rings is 1. The van der Waals surface area contributed by atoms with Gasteiger partial charge in [-0.05, 0) is 18.4 Å². The molecule has 0 fully saturated rings. The molecule has 0 unspecified atom stereocenters. The van der Waals surface area contributed by atoms with Crippen LogP contribution in [0.4, 0.5) is 5.13 Å². The predicted molar refractivity (Wildman–Crippen MR) is 59.7 cm³/mol. The molecule has 0 saturated carbocycles. The Balaban J connectivity index is 2.46. The normalized spacial score (nSPS) is 10.3. The van der Waals surface area contributed by atoms with E-state index in [2.05, 4.69) is 27.8 Å². The second-order valence-corrected chi connectivity index (χ2v) is 4.61. The van der Waals surface area contributed by atoms with Crippen LogP contribution in [0.2, 0.25) is 0 Å². The monoisotopic (exact) mass is 210 g/mol. The van der Waals surface area contributed by atoms with Gasteiger partial charge in [-0.15, -0.1) is 11.3 Å². The zero-order valence-electron chi connectivity index (χ0n) is 7.50. The smallest absolute Gasteiger partial charge is 0.183 e. The van der Waals surface area contributed by atoms with Crippen molar-refractivity contribution in [1.82, 2.24) is 4.98 Å². The van der Waals surface area contributed by atoms with Gasteiger partial charge in [0.1, 0.15) is 0 Å². The molecule has 1 N–H and O–H groups in total. The van der Waals surface area contributed by atoms with E-state index >= 15 is 0 Å². The van der Waals surface area contributed by atoms with Crippen LogP contribution >= 0.6 is 22.7 Å². The summed E-state index contributed by atoms with van der Waals surface area (Å²) in [6.07, 6.45) is 0. The molecule has 4 heteroatoms. The standard InChI is InChI=1S/C9H10N2S2/c1-6-8(7-4-3-5-12-7)13-9(10-2)11-6/h3-5H,1-2H3,(H,10,11). The number of thiazole rings is 1. The highest BCUT2D eigenvalue weighted by Gasteiger charge is 2.08. The molecule has 13 heavy (non-hydrogen) atoms. The molecule has 2 heterocycles. The lowest BCUT2D eigenvalue weighted by atomic mass is 10.3. The summed E-state index contributed by atoms with van der Waals surface area (Å²) < 4.78 is 0. The molecule has 0 aromatic carbocycles. The molecular formula is C9H10N2S2. The topological polar surface area (TPSA) is 24.9 Å². The summed E-state index contributed by atoms with van der Waals surface area (Å²) in [5.74, 6) is 0. The minimum absolute atomic E-state index is 0.987. The number of nitrogens with one attached hydrogen (secondary N) is 1. The second-order valence-electron chi connectivity index (χ2n) is 2.66. The van der Waals surface area contributed by atoms with Gasteiger partial charge in [0.25, 0.3) is 0 Å². The van der Waals surface area contributed by atoms with Crippen LogP contribution in [0.3, 0.4) is 0 Å². The minimum atomic E-state index is 0.987. The number of hydrogen-bond acceptors (Lipinski definition) is 4. The van der Waals surface area contributed by atoms with E-state index in [1.54, 1.807) is 22.7 Å². The van der Waals surface area contributed by atoms with E-state index in [4.69, 9.17) is 0 Å². The molecule has 2 aromatic rings.